The quantitative estimate of drug-likeness (QED) is 0.0913. The van der Waals surface area contributed by atoms with E-state index in [4.69, 9.17) is 21.6 Å². The number of hydrogen-bond donors (Lipinski definition) is 5. The number of carbonyl (C=O) groups is 2. The summed E-state index contributed by atoms with van der Waals surface area (Å²) in [4.78, 5) is 38.6. The lowest BCUT2D eigenvalue weighted by atomic mass is 10.0. The molecular formula is C30H35FN8O3. The van der Waals surface area contributed by atoms with Crippen molar-refractivity contribution in [3.63, 3.8) is 0 Å². The van der Waals surface area contributed by atoms with Gasteiger partial charge in [-0.05, 0) is 73.6 Å². The molecule has 0 fully saturated rings. The third kappa shape index (κ3) is 8.33. The monoisotopic (exact) mass is 574 g/mol. The second-order valence-corrected chi connectivity index (χ2v) is 9.91. The van der Waals surface area contributed by atoms with E-state index in [9.17, 15) is 14.0 Å². The van der Waals surface area contributed by atoms with Crippen LogP contribution in [0.1, 0.15) is 59.7 Å². The SMILES string of the molecule is CCc1ccc2ncc(NC(=O)c3coc([C@@H](CCc4ccc(F)cc4)NC(=O)[C@H](N)CCCN=C(N)N)n3)cc2c1. The third-order valence-electron chi connectivity index (χ3n) is 6.72. The lowest BCUT2D eigenvalue weighted by Gasteiger charge is -2.19. The Morgan fingerprint density at radius 1 is 1.07 bits per heavy atom. The first kappa shape index (κ1) is 30.1. The van der Waals surface area contributed by atoms with Crippen molar-refractivity contribution in [1.82, 2.24) is 15.3 Å². The summed E-state index contributed by atoms with van der Waals surface area (Å²) in [5.41, 5.74) is 20.2. The number of aryl methyl sites for hydroxylation is 2. The van der Waals surface area contributed by atoms with Gasteiger partial charge < -0.3 is 32.3 Å². The number of halogens is 1. The summed E-state index contributed by atoms with van der Waals surface area (Å²) in [5, 5.41) is 6.59. The van der Waals surface area contributed by atoms with Gasteiger partial charge in [0.25, 0.3) is 5.91 Å². The first-order valence-electron chi connectivity index (χ1n) is 13.7. The van der Waals surface area contributed by atoms with Crippen LogP contribution >= 0.6 is 0 Å². The van der Waals surface area contributed by atoms with Crippen LogP contribution in [-0.2, 0) is 17.6 Å². The molecule has 42 heavy (non-hydrogen) atoms. The molecule has 8 N–H and O–H groups in total. The normalized spacial score (nSPS) is 12.5. The molecule has 12 heteroatoms. The number of oxazole rings is 1. The van der Waals surface area contributed by atoms with Crippen LogP contribution in [0.5, 0.6) is 0 Å². The van der Waals surface area contributed by atoms with E-state index in [0.29, 0.717) is 37.9 Å². The molecule has 0 bridgehead atoms. The molecule has 0 aliphatic carbocycles. The Kier molecular flexibility index (Phi) is 10.2. The Morgan fingerprint density at radius 3 is 2.57 bits per heavy atom. The molecular weight excluding hydrogens is 539 g/mol. The minimum atomic E-state index is -0.820. The van der Waals surface area contributed by atoms with E-state index >= 15 is 0 Å². The van der Waals surface area contributed by atoms with E-state index < -0.39 is 23.9 Å². The van der Waals surface area contributed by atoms with Gasteiger partial charge in [-0.3, -0.25) is 19.6 Å². The maximum atomic E-state index is 13.4. The molecule has 0 aliphatic heterocycles. The van der Waals surface area contributed by atoms with Crippen molar-refractivity contribution in [3.8, 4) is 0 Å². The van der Waals surface area contributed by atoms with E-state index in [1.54, 1.807) is 18.3 Å². The summed E-state index contributed by atoms with van der Waals surface area (Å²) < 4.78 is 19.0. The molecule has 0 spiro atoms. The van der Waals surface area contributed by atoms with Crippen molar-refractivity contribution in [2.24, 2.45) is 22.2 Å². The molecule has 2 aromatic heterocycles. The summed E-state index contributed by atoms with van der Waals surface area (Å²) >= 11 is 0. The number of aliphatic imine (C=N–C) groups is 1. The molecule has 2 amide bonds. The number of carbonyl (C=O) groups excluding carboxylic acids is 2. The number of nitrogens with one attached hydrogen (secondary N) is 2. The highest BCUT2D eigenvalue weighted by Crippen LogP contribution is 2.22. The van der Waals surface area contributed by atoms with Crippen molar-refractivity contribution >= 4 is 34.4 Å². The molecule has 0 radical (unpaired) electrons. The fourth-order valence-corrected chi connectivity index (χ4v) is 4.37. The lowest BCUT2D eigenvalue weighted by Crippen LogP contribution is -2.42. The largest absolute Gasteiger partial charge is 0.446 e. The van der Waals surface area contributed by atoms with Crippen LogP contribution in [0, 0.1) is 5.82 Å². The number of aromatic nitrogens is 2. The van der Waals surface area contributed by atoms with Gasteiger partial charge in [-0.25, -0.2) is 9.37 Å². The average molecular weight is 575 g/mol. The molecule has 2 aromatic carbocycles. The van der Waals surface area contributed by atoms with Crippen LogP contribution in [-0.4, -0.2) is 40.3 Å². The van der Waals surface area contributed by atoms with E-state index in [2.05, 4.69) is 32.5 Å². The van der Waals surface area contributed by atoms with E-state index in [-0.39, 0.29) is 23.4 Å². The van der Waals surface area contributed by atoms with Gasteiger partial charge in [0, 0.05) is 11.9 Å². The summed E-state index contributed by atoms with van der Waals surface area (Å²) in [7, 11) is 0. The van der Waals surface area contributed by atoms with Crippen molar-refractivity contribution in [2.75, 3.05) is 11.9 Å². The Morgan fingerprint density at radius 2 is 1.83 bits per heavy atom. The van der Waals surface area contributed by atoms with Gasteiger partial charge in [0.15, 0.2) is 11.7 Å². The Labute approximate surface area is 242 Å². The highest BCUT2D eigenvalue weighted by molar-refractivity contribution is 6.03. The number of benzene rings is 2. The standard InChI is InChI=1S/C30H35FN8O3/c1-2-18-7-11-24-20(14-18)15-22(16-36-24)37-28(41)26-17-42-29(39-26)25(12-8-19-5-9-21(31)10-6-19)38-27(40)23(32)4-3-13-35-30(33)34/h5-7,9-11,14-17,23,25H,2-4,8,12-13,32H2,1H3,(H,37,41)(H,38,40)(H4,33,34,35)/t23-,25-/m1/s1. The van der Waals surface area contributed by atoms with E-state index in [1.165, 1.54) is 18.4 Å². The van der Waals surface area contributed by atoms with Gasteiger partial charge in [0.2, 0.25) is 11.8 Å². The average Bonchev–Trinajstić information content (AvgIpc) is 3.48. The predicted octanol–water partition coefficient (Wildman–Crippen LogP) is 3.35. The topological polar surface area (TPSA) is 188 Å². The van der Waals surface area contributed by atoms with Gasteiger partial charge in [0.1, 0.15) is 18.1 Å². The van der Waals surface area contributed by atoms with Crippen LogP contribution in [0.4, 0.5) is 10.1 Å². The van der Waals surface area contributed by atoms with Crippen molar-refractivity contribution in [3.05, 3.63) is 89.5 Å². The number of amides is 2. The molecule has 0 unspecified atom stereocenters. The minimum Gasteiger partial charge on any atom is -0.446 e. The number of anilines is 1. The summed E-state index contributed by atoms with van der Waals surface area (Å²) in [6, 6.07) is 12.4. The lowest BCUT2D eigenvalue weighted by molar-refractivity contribution is -0.123. The predicted molar refractivity (Wildman–Crippen MR) is 159 cm³/mol. The van der Waals surface area contributed by atoms with Crippen molar-refractivity contribution in [2.45, 2.75) is 51.1 Å². The maximum Gasteiger partial charge on any atom is 0.277 e. The van der Waals surface area contributed by atoms with Gasteiger partial charge in [0.05, 0.1) is 23.4 Å². The van der Waals surface area contributed by atoms with Crippen LogP contribution < -0.4 is 27.8 Å². The zero-order chi connectivity index (χ0) is 30.1. The van der Waals surface area contributed by atoms with Gasteiger partial charge >= 0.3 is 0 Å². The van der Waals surface area contributed by atoms with Gasteiger partial charge in [-0.15, -0.1) is 0 Å². The molecule has 0 saturated heterocycles. The second kappa shape index (κ2) is 14.2. The number of nitrogens with two attached hydrogens (primary N) is 3. The zero-order valence-corrected chi connectivity index (χ0v) is 23.3. The molecule has 2 heterocycles. The highest BCUT2D eigenvalue weighted by atomic mass is 19.1. The van der Waals surface area contributed by atoms with Gasteiger partial charge in [-0.1, -0.05) is 25.1 Å². The van der Waals surface area contributed by atoms with Gasteiger partial charge in [-0.2, -0.15) is 0 Å². The number of guanidine groups is 1. The number of nitrogens with zero attached hydrogens (tertiary/aromatic N) is 3. The summed E-state index contributed by atoms with van der Waals surface area (Å²) in [6.45, 7) is 2.42. The molecule has 4 rings (SSSR count). The molecule has 0 aliphatic rings. The minimum absolute atomic E-state index is 0.0277. The molecule has 11 nitrogen and oxygen atoms in total. The van der Waals surface area contributed by atoms with Crippen molar-refractivity contribution < 1.29 is 18.4 Å². The molecule has 0 saturated carbocycles. The number of rotatable bonds is 13. The van der Waals surface area contributed by atoms with Crippen LogP contribution in [0.3, 0.4) is 0 Å². The Balaban J connectivity index is 1.46. The smallest absolute Gasteiger partial charge is 0.277 e. The van der Waals surface area contributed by atoms with Crippen molar-refractivity contribution in [1.29, 1.82) is 0 Å². The molecule has 4 aromatic rings. The van der Waals surface area contributed by atoms with E-state index in [0.717, 1.165) is 28.5 Å². The number of hydrogen-bond acceptors (Lipinski definition) is 7. The first-order valence-corrected chi connectivity index (χ1v) is 13.7. The zero-order valence-electron chi connectivity index (χ0n) is 23.3. The highest BCUT2D eigenvalue weighted by Gasteiger charge is 2.24. The number of pyridine rings is 1. The van der Waals surface area contributed by atoms with Crippen LogP contribution in [0.25, 0.3) is 10.9 Å². The number of fused-ring (bicyclic) bond motifs is 1. The summed E-state index contributed by atoms with van der Waals surface area (Å²) in [6.07, 6.45) is 5.42. The van der Waals surface area contributed by atoms with E-state index in [1.807, 2.05) is 24.3 Å². The molecule has 2 atom stereocenters. The maximum absolute atomic E-state index is 13.4. The summed E-state index contributed by atoms with van der Waals surface area (Å²) in [5.74, 6) is -1.13. The van der Waals surface area contributed by atoms with Crippen LogP contribution in [0.15, 0.2) is 70.4 Å². The third-order valence-corrected chi connectivity index (χ3v) is 6.72. The second-order valence-electron chi connectivity index (χ2n) is 9.91. The fraction of sp³-hybridized carbons (Fsp3) is 0.300. The fourth-order valence-electron chi connectivity index (χ4n) is 4.37. The first-order chi connectivity index (χ1) is 20.2. The molecule has 220 valence electrons. The Bertz CT molecular complexity index is 1550. The van der Waals surface area contributed by atoms with Crippen LogP contribution in [0.2, 0.25) is 0 Å². The Hall–Kier alpha value is -4.84.